The smallest absolute Gasteiger partial charge is 0.229 e. The van der Waals surface area contributed by atoms with Crippen molar-refractivity contribution >= 4 is 15.7 Å². The van der Waals surface area contributed by atoms with Gasteiger partial charge in [0.25, 0.3) is 0 Å². The Balaban J connectivity index is 2.01. The standard InChI is InChI=1S/C21H21NO3S/c1-26(24,25)22-20-14-12-19(13-15-20)21(23,18-10-6-3-7-11-18)16-17-8-4-2-5-9-17/h2-15,22-23H,16H2,1H3. The third-order valence-electron chi connectivity index (χ3n) is 4.22. The third kappa shape index (κ3) is 4.31. The summed E-state index contributed by atoms with van der Waals surface area (Å²) in [7, 11) is -3.34. The Morgan fingerprint density at radius 3 is 1.85 bits per heavy atom. The molecule has 3 aromatic rings. The monoisotopic (exact) mass is 367 g/mol. The summed E-state index contributed by atoms with van der Waals surface area (Å²) >= 11 is 0. The molecule has 2 N–H and O–H groups in total. The molecule has 26 heavy (non-hydrogen) atoms. The fourth-order valence-corrected chi connectivity index (χ4v) is 3.57. The third-order valence-corrected chi connectivity index (χ3v) is 4.83. The fraction of sp³-hybridized carbons (Fsp3) is 0.143. The van der Waals surface area contributed by atoms with E-state index in [4.69, 9.17) is 0 Å². The largest absolute Gasteiger partial charge is 0.380 e. The van der Waals surface area contributed by atoms with Gasteiger partial charge in [-0.15, -0.1) is 0 Å². The molecule has 1 atom stereocenters. The summed E-state index contributed by atoms with van der Waals surface area (Å²) in [6, 6.07) is 26.1. The highest BCUT2D eigenvalue weighted by molar-refractivity contribution is 7.92. The van der Waals surface area contributed by atoms with Crippen LogP contribution in [0.3, 0.4) is 0 Å². The summed E-state index contributed by atoms with van der Waals surface area (Å²) in [4.78, 5) is 0. The van der Waals surface area contributed by atoms with Crippen LogP contribution in [0.25, 0.3) is 0 Å². The molecule has 0 fully saturated rings. The minimum Gasteiger partial charge on any atom is -0.380 e. The molecule has 0 heterocycles. The molecule has 0 bridgehead atoms. The SMILES string of the molecule is CS(=O)(=O)Nc1ccc(C(O)(Cc2ccccc2)c2ccccc2)cc1. The van der Waals surface area contributed by atoms with Crippen LogP contribution in [0.2, 0.25) is 0 Å². The van der Waals surface area contributed by atoms with Crippen molar-refractivity contribution < 1.29 is 13.5 Å². The van der Waals surface area contributed by atoms with Crippen LogP contribution in [0.15, 0.2) is 84.9 Å². The van der Waals surface area contributed by atoms with Crippen molar-refractivity contribution in [2.24, 2.45) is 0 Å². The van der Waals surface area contributed by atoms with Crippen molar-refractivity contribution in [2.75, 3.05) is 11.0 Å². The molecular weight excluding hydrogens is 346 g/mol. The summed E-state index contributed by atoms with van der Waals surface area (Å²) in [6.07, 6.45) is 1.52. The number of anilines is 1. The Morgan fingerprint density at radius 1 is 0.808 bits per heavy atom. The van der Waals surface area contributed by atoms with E-state index in [1.165, 1.54) is 0 Å². The zero-order valence-corrected chi connectivity index (χ0v) is 15.3. The van der Waals surface area contributed by atoms with Gasteiger partial charge in [-0.05, 0) is 28.8 Å². The number of nitrogens with one attached hydrogen (secondary N) is 1. The first-order valence-corrected chi connectivity index (χ1v) is 10.2. The lowest BCUT2D eigenvalue weighted by Gasteiger charge is -2.30. The van der Waals surface area contributed by atoms with Crippen LogP contribution >= 0.6 is 0 Å². The minimum atomic E-state index is -3.34. The highest BCUT2D eigenvalue weighted by atomic mass is 32.2. The maximum Gasteiger partial charge on any atom is 0.229 e. The first-order valence-electron chi connectivity index (χ1n) is 8.27. The fourth-order valence-electron chi connectivity index (χ4n) is 3.00. The van der Waals surface area contributed by atoms with E-state index in [-0.39, 0.29) is 0 Å². The summed E-state index contributed by atoms with van der Waals surface area (Å²) in [5.41, 5.74) is 1.74. The topological polar surface area (TPSA) is 66.4 Å². The van der Waals surface area contributed by atoms with Crippen molar-refractivity contribution in [3.63, 3.8) is 0 Å². The van der Waals surface area contributed by atoms with Crippen LogP contribution in [0, 0.1) is 0 Å². The molecule has 3 rings (SSSR count). The number of hydrogen-bond acceptors (Lipinski definition) is 3. The molecule has 0 aliphatic carbocycles. The molecule has 5 heteroatoms. The molecule has 1 unspecified atom stereocenters. The average Bonchev–Trinajstić information content (AvgIpc) is 2.62. The lowest BCUT2D eigenvalue weighted by atomic mass is 9.81. The second-order valence-corrected chi connectivity index (χ2v) is 8.09. The number of sulfonamides is 1. The second kappa shape index (κ2) is 7.32. The van der Waals surface area contributed by atoms with E-state index in [1.807, 2.05) is 60.7 Å². The zero-order valence-electron chi connectivity index (χ0n) is 14.5. The van der Waals surface area contributed by atoms with Gasteiger partial charge in [0.1, 0.15) is 5.60 Å². The summed E-state index contributed by atoms with van der Waals surface area (Å²) < 4.78 is 25.2. The van der Waals surface area contributed by atoms with E-state index in [9.17, 15) is 13.5 Å². The molecule has 3 aromatic carbocycles. The van der Waals surface area contributed by atoms with Crippen LogP contribution in [0.1, 0.15) is 16.7 Å². The molecular formula is C21H21NO3S. The van der Waals surface area contributed by atoms with E-state index in [1.54, 1.807) is 24.3 Å². The van der Waals surface area contributed by atoms with Gasteiger partial charge >= 0.3 is 0 Å². The maximum atomic E-state index is 11.6. The van der Waals surface area contributed by atoms with Crippen LogP contribution in [0.4, 0.5) is 5.69 Å². The molecule has 0 aromatic heterocycles. The number of benzene rings is 3. The van der Waals surface area contributed by atoms with Crippen LogP contribution < -0.4 is 4.72 Å². The summed E-state index contributed by atoms with van der Waals surface area (Å²) in [5, 5.41) is 11.6. The van der Waals surface area contributed by atoms with Gasteiger partial charge in [0.15, 0.2) is 0 Å². The second-order valence-electron chi connectivity index (χ2n) is 6.34. The van der Waals surface area contributed by atoms with Crippen molar-refractivity contribution in [1.82, 2.24) is 0 Å². The quantitative estimate of drug-likeness (QED) is 0.700. The Morgan fingerprint density at radius 2 is 1.31 bits per heavy atom. The van der Waals surface area contributed by atoms with Gasteiger partial charge in [-0.3, -0.25) is 4.72 Å². The number of aliphatic hydroxyl groups is 1. The predicted octanol–water partition coefficient (Wildman–Crippen LogP) is 3.54. The van der Waals surface area contributed by atoms with Crippen LogP contribution in [-0.4, -0.2) is 19.8 Å². The van der Waals surface area contributed by atoms with Crippen LogP contribution in [0.5, 0.6) is 0 Å². The predicted molar refractivity (Wildman–Crippen MR) is 104 cm³/mol. The van der Waals surface area contributed by atoms with Gasteiger partial charge in [-0.1, -0.05) is 72.8 Å². The van der Waals surface area contributed by atoms with Gasteiger partial charge in [-0.2, -0.15) is 0 Å². The van der Waals surface area contributed by atoms with Crippen molar-refractivity contribution in [3.8, 4) is 0 Å². The molecule has 0 aliphatic rings. The van der Waals surface area contributed by atoms with Gasteiger partial charge in [0.05, 0.1) is 6.26 Å². The highest BCUT2D eigenvalue weighted by Crippen LogP contribution is 2.34. The van der Waals surface area contributed by atoms with E-state index in [2.05, 4.69) is 4.72 Å². The summed E-state index contributed by atoms with van der Waals surface area (Å²) in [6.45, 7) is 0. The van der Waals surface area contributed by atoms with Gasteiger partial charge in [0.2, 0.25) is 10.0 Å². The van der Waals surface area contributed by atoms with Gasteiger partial charge in [-0.25, -0.2) is 8.42 Å². The Labute approximate surface area is 154 Å². The first kappa shape index (κ1) is 18.2. The lowest BCUT2D eigenvalue weighted by molar-refractivity contribution is 0.0811. The van der Waals surface area contributed by atoms with Gasteiger partial charge in [0, 0.05) is 12.1 Å². The molecule has 0 amide bonds. The molecule has 0 saturated heterocycles. The van der Waals surface area contributed by atoms with E-state index in [0.29, 0.717) is 17.7 Å². The highest BCUT2D eigenvalue weighted by Gasteiger charge is 2.31. The van der Waals surface area contributed by atoms with Gasteiger partial charge < -0.3 is 5.11 Å². The first-order chi connectivity index (χ1) is 12.4. The van der Waals surface area contributed by atoms with Crippen LogP contribution in [-0.2, 0) is 22.0 Å². The lowest BCUT2D eigenvalue weighted by Crippen LogP contribution is -2.30. The van der Waals surface area contributed by atoms with Crippen molar-refractivity contribution in [2.45, 2.75) is 12.0 Å². The van der Waals surface area contributed by atoms with E-state index in [0.717, 1.165) is 17.4 Å². The molecule has 0 aliphatic heterocycles. The van der Waals surface area contributed by atoms with E-state index >= 15 is 0 Å². The zero-order chi connectivity index (χ0) is 18.6. The molecule has 4 nitrogen and oxygen atoms in total. The Kier molecular flexibility index (Phi) is 5.11. The molecule has 0 spiro atoms. The number of hydrogen-bond donors (Lipinski definition) is 2. The molecule has 0 saturated carbocycles. The average molecular weight is 367 g/mol. The molecule has 0 radical (unpaired) electrons. The van der Waals surface area contributed by atoms with Crippen molar-refractivity contribution in [3.05, 3.63) is 102 Å². The minimum absolute atomic E-state index is 0.413. The van der Waals surface area contributed by atoms with E-state index < -0.39 is 15.6 Å². The Bertz CT molecular complexity index is 955. The maximum absolute atomic E-state index is 11.6. The summed E-state index contributed by atoms with van der Waals surface area (Å²) in [5.74, 6) is 0. The normalized spacial score (nSPS) is 13.8. The molecule has 134 valence electrons. The van der Waals surface area contributed by atoms with Crippen molar-refractivity contribution in [1.29, 1.82) is 0 Å². The number of rotatable bonds is 6. The Hall–Kier alpha value is -2.63.